The van der Waals surface area contributed by atoms with Gasteiger partial charge in [0.15, 0.2) is 0 Å². The third kappa shape index (κ3) is 3.13. The SMILES string of the molecule is CCCNc1cnn(Cc2nccs2)c(=O)c1. The van der Waals surface area contributed by atoms with E-state index in [2.05, 4.69) is 22.3 Å². The normalized spacial score (nSPS) is 10.4. The zero-order valence-electron chi connectivity index (χ0n) is 9.59. The summed E-state index contributed by atoms with van der Waals surface area (Å²) in [6.07, 6.45) is 4.41. The van der Waals surface area contributed by atoms with Crippen molar-refractivity contribution in [2.45, 2.75) is 19.9 Å². The molecule has 2 aromatic rings. The van der Waals surface area contributed by atoms with Crippen molar-refractivity contribution in [3.63, 3.8) is 0 Å². The second kappa shape index (κ2) is 5.58. The van der Waals surface area contributed by atoms with E-state index in [-0.39, 0.29) is 5.56 Å². The van der Waals surface area contributed by atoms with Crippen LogP contribution in [0.1, 0.15) is 18.4 Å². The highest BCUT2D eigenvalue weighted by Gasteiger charge is 2.02. The van der Waals surface area contributed by atoms with Crippen molar-refractivity contribution in [1.29, 1.82) is 0 Å². The number of hydrogen-bond acceptors (Lipinski definition) is 5. The first-order valence-electron chi connectivity index (χ1n) is 5.49. The van der Waals surface area contributed by atoms with E-state index in [1.54, 1.807) is 18.5 Å². The fourth-order valence-electron chi connectivity index (χ4n) is 1.38. The largest absolute Gasteiger partial charge is 0.384 e. The molecule has 2 aromatic heterocycles. The Labute approximate surface area is 103 Å². The molecule has 0 spiro atoms. The average molecular weight is 250 g/mol. The monoisotopic (exact) mass is 250 g/mol. The van der Waals surface area contributed by atoms with Gasteiger partial charge in [0.05, 0.1) is 18.4 Å². The quantitative estimate of drug-likeness (QED) is 0.875. The highest BCUT2D eigenvalue weighted by Crippen LogP contribution is 2.05. The van der Waals surface area contributed by atoms with Crippen LogP contribution in [0.2, 0.25) is 0 Å². The lowest BCUT2D eigenvalue weighted by Gasteiger charge is -2.05. The molecule has 0 bridgehead atoms. The second-order valence-electron chi connectivity index (χ2n) is 3.59. The first kappa shape index (κ1) is 11.8. The summed E-state index contributed by atoms with van der Waals surface area (Å²) in [7, 11) is 0. The molecular formula is C11H14N4OS. The van der Waals surface area contributed by atoms with E-state index >= 15 is 0 Å². The van der Waals surface area contributed by atoms with E-state index < -0.39 is 0 Å². The van der Waals surface area contributed by atoms with E-state index in [0.717, 1.165) is 23.7 Å². The fraction of sp³-hybridized carbons (Fsp3) is 0.364. The average Bonchev–Trinajstić information content (AvgIpc) is 2.82. The first-order chi connectivity index (χ1) is 8.29. The summed E-state index contributed by atoms with van der Waals surface area (Å²) in [6, 6.07) is 1.57. The van der Waals surface area contributed by atoms with Gasteiger partial charge in [0, 0.05) is 24.2 Å². The molecule has 0 saturated carbocycles. The maximum absolute atomic E-state index is 11.8. The van der Waals surface area contributed by atoms with Gasteiger partial charge in [-0.15, -0.1) is 11.3 Å². The predicted molar refractivity (Wildman–Crippen MR) is 68.5 cm³/mol. The minimum absolute atomic E-state index is 0.110. The topological polar surface area (TPSA) is 59.8 Å². The lowest BCUT2D eigenvalue weighted by molar-refractivity contribution is 0.637. The van der Waals surface area contributed by atoms with Crippen LogP contribution in [0.3, 0.4) is 0 Å². The maximum atomic E-state index is 11.8. The zero-order chi connectivity index (χ0) is 12.1. The Bertz CT molecular complexity index is 521. The van der Waals surface area contributed by atoms with Crippen LogP contribution in [0.5, 0.6) is 0 Å². The van der Waals surface area contributed by atoms with Crippen LogP contribution in [0.25, 0.3) is 0 Å². The van der Waals surface area contributed by atoms with Crippen molar-refractivity contribution >= 4 is 17.0 Å². The summed E-state index contributed by atoms with van der Waals surface area (Å²) in [5.74, 6) is 0. The molecule has 0 unspecified atom stereocenters. The Morgan fingerprint density at radius 2 is 2.41 bits per heavy atom. The third-order valence-electron chi connectivity index (χ3n) is 2.22. The smallest absolute Gasteiger partial charge is 0.269 e. The van der Waals surface area contributed by atoms with E-state index in [0.29, 0.717) is 6.54 Å². The molecule has 5 nitrogen and oxygen atoms in total. The number of anilines is 1. The zero-order valence-corrected chi connectivity index (χ0v) is 10.4. The minimum atomic E-state index is -0.110. The molecule has 1 N–H and O–H groups in total. The van der Waals surface area contributed by atoms with Crippen molar-refractivity contribution in [3.05, 3.63) is 39.2 Å². The molecule has 0 radical (unpaired) electrons. The van der Waals surface area contributed by atoms with Crippen LogP contribution in [-0.2, 0) is 6.54 Å². The third-order valence-corrected chi connectivity index (χ3v) is 2.98. The Hall–Kier alpha value is -1.69. The molecule has 0 atom stereocenters. The first-order valence-corrected chi connectivity index (χ1v) is 6.37. The molecule has 2 rings (SSSR count). The molecular weight excluding hydrogens is 236 g/mol. The molecule has 6 heteroatoms. The summed E-state index contributed by atoms with van der Waals surface area (Å²) in [6.45, 7) is 3.35. The van der Waals surface area contributed by atoms with Gasteiger partial charge in [0.2, 0.25) is 0 Å². The van der Waals surface area contributed by atoms with Crippen LogP contribution in [0.4, 0.5) is 5.69 Å². The molecule has 0 amide bonds. The molecule has 0 fully saturated rings. The number of rotatable bonds is 5. The summed E-state index contributed by atoms with van der Waals surface area (Å²) >= 11 is 1.52. The van der Waals surface area contributed by atoms with Gasteiger partial charge in [-0.25, -0.2) is 9.67 Å². The van der Waals surface area contributed by atoms with Crippen LogP contribution in [0, 0.1) is 0 Å². The summed E-state index contributed by atoms with van der Waals surface area (Å²) in [5.41, 5.74) is 0.661. The Kier molecular flexibility index (Phi) is 3.87. The Balaban J connectivity index is 2.12. The van der Waals surface area contributed by atoms with E-state index in [1.165, 1.54) is 16.0 Å². The van der Waals surface area contributed by atoms with Crippen molar-refractivity contribution < 1.29 is 0 Å². The van der Waals surface area contributed by atoms with Crippen LogP contribution in [-0.4, -0.2) is 21.3 Å². The van der Waals surface area contributed by atoms with E-state index in [9.17, 15) is 4.79 Å². The van der Waals surface area contributed by atoms with Gasteiger partial charge < -0.3 is 5.32 Å². The summed E-state index contributed by atoms with van der Waals surface area (Å²) < 4.78 is 1.41. The van der Waals surface area contributed by atoms with E-state index in [1.807, 2.05) is 5.38 Å². The highest BCUT2D eigenvalue weighted by molar-refractivity contribution is 7.09. The molecule has 0 aliphatic carbocycles. The van der Waals surface area contributed by atoms with Crippen molar-refractivity contribution in [3.8, 4) is 0 Å². The lowest BCUT2D eigenvalue weighted by Crippen LogP contribution is -2.23. The van der Waals surface area contributed by atoms with Crippen molar-refractivity contribution in [1.82, 2.24) is 14.8 Å². The van der Waals surface area contributed by atoms with Gasteiger partial charge in [0.25, 0.3) is 5.56 Å². The number of aromatic nitrogens is 3. The molecule has 17 heavy (non-hydrogen) atoms. The van der Waals surface area contributed by atoms with Crippen LogP contribution in [0.15, 0.2) is 28.6 Å². The van der Waals surface area contributed by atoms with Gasteiger partial charge in [0.1, 0.15) is 5.01 Å². The molecule has 90 valence electrons. The predicted octanol–water partition coefficient (Wildman–Crippen LogP) is 1.57. The van der Waals surface area contributed by atoms with Gasteiger partial charge in [-0.3, -0.25) is 4.79 Å². The van der Waals surface area contributed by atoms with Gasteiger partial charge >= 0.3 is 0 Å². The second-order valence-corrected chi connectivity index (χ2v) is 4.57. The number of thiazole rings is 1. The molecule has 0 aromatic carbocycles. The van der Waals surface area contributed by atoms with Gasteiger partial charge in [-0.05, 0) is 6.42 Å². The van der Waals surface area contributed by atoms with Crippen molar-refractivity contribution in [2.24, 2.45) is 0 Å². The maximum Gasteiger partial charge on any atom is 0.269 e. The van der Waals surface area contributed by atoms with Crippen molar-refractivity contribution in [2.75, 3.05) is 11.9 Å². The number of nitrogens with zero attached hydrogens (tertiary/aromatic N) is 3. The number of nitrogens with one attached hydrogen (secondary N) is 1. The Morgan fingerprint density at radius 3 is 3.06 bits per heavy atom. The van der Waals surface area contributed by atoms with Gasteiger partial charge in [-0.1, -0.05) is 6.92 Å². The highest BCUT2D eigenvalue weighted by atomic mass is 32.1. The lowest BCUT2D eigenvalue weighted by atomic mass is 10.4. The minimum Gasteiger partial charge on any atom is -0.384 e. The van der Waals surface area contributed by atoms with E-state index in [4.69, 9.17) is 0 Å². The van der Waals surface area contributed by atoms with Gasteiger partial charge in [-0.2, -0.15) is 5.10 Å². The molecule has 0 saturated heterocycles. The molecule has 2 heterocycles. The summed E-state index contributed by atoms with van der Waals surface area (Å²) in [5, 5.41) is 10.0. The Morgan fingerprint density at radius 1 is 1.53 bits per heavy atom. The standard InChI is InChI=1S/C11H14N4OS/c1-2-3-12-9-6-11(16)15(14-7-9)8-10-13-4-5-17-10/h4-7,12H,2-3,8H2,1H3. The summed E-state index contributed by atoms with van der Waals surface area (Å²) in [4.78, 5) is 15.9. The van der Waals surface area contributed by atoms with Crippen LogP contribution < -0.4 is 10.9 Å². The molecule has 0 aliphatic heterocycles. The fourth-order valence-corrected chi connectivity index (χ4v) is 1.97. The van der Waals surface area contributed by atoms with Crippen LogP contribution >= 0.6 is 11.3 Å². The number of hydrogen-bond donors (Lipinski definition) is 1. The molecule has 0 aliphatic rings.